The molecule has 3 aliphatic carbocycles. The van der Waals surface area contributed by atoms with Crippen LogP contribution in [0.3, 0.4) is 0 Å². The Labute approximate surface area is 314 Å². The van der Waals surface area contributed by atoms with Gasteiger partial charge in [-0.1, -0.05) is 12.8 Å². The number of fused-ring (bicyclic) bond motifs is 5. The summed E-state index contributed by atoms with van der Waals surface area (Å²) in [6, 6.07) is -0.905. The molecule has 0 radical (unpaired) electrons. The van der Waals surface area contributed by atoms with Gasteiger partial charge in [0.1, 0.15) is 6.17 Å². The van der Waals surface area contributed by atoms with Crippen LogP contribution in [-0.4, -0.2) is 176 Å². The lowest BCUT2D eigenvalue weighted by molar-refractivity contribution is -0.220. The number of amides is 2. The van der Waals surface area contributed by atoms with Crippen molar-refractivity contribution >= 4 is 17.6 Å². The third-order valence-corrected chi connectivity index (χ3v) is 14.8. The summed E-state index contributed by atoms with van der Waals surface area (Å²) in [5, 5.41) is 6.31. The highest BCUT2D eigenvalue weighted by Crippen LogP contribution is 2.53. The molecule has 2 amide bonds. The van der Waals surface area contributed by atoms with Crippen molar-refractivity contribution in [3.63, 3.8) is 0 Å². The molecule has 0 aromatic rings. The highest BCUT2D eigenvalue weighted by atomic mass is 19.1. The molecular weight excluding hydrogens is 677 g/mol. The van der Waals surface area contributed by atoms with Gasteiger partial charge in [-0.3, -0.25) is 19.3 Å². The Balaban J connectivity index is 0.921. The van der Waals surface area contributed by atoms with Crippen molar-refractivity contribution in [2.75, 3.05) is 79.0 Å². The number of likely N-dealkylation sites (tertiary alicyclic amines) is 2. The van der Waals surface area contributed by atoms with E-state index in [1.54, 1.807) is 0 Å². The maximum atomic E-state index is 16.8. The van der Waals surface area contributed by atoms with E-state index in [0.717, 1.165) is 78.0 Å². The Morgan fingerprint density at radius 3 is 2.45 bits per heavy atom. The second-order valence-corrected chi connectivity index (χ2v) is 17.9. The predicted octanol–water partition coefficient (Wildman–Crippen LogP) is 1.39. The largest absolute Gasteiger partial charge is 0.374 e. The van der Waals surface area contributed by atoms with Crippen LogP contribution in [0, 0.1) is 17.8 Å². The SMILES string of the molecule is CN1CCN(CCC(=O)NC2CCN(C3C(F)CC4C(=O)C(C(=O)NCCN5CCCC5)=CN5C6CC7OC8CCCCC8C7CC6OC3C45)C2)CC1. The van der Waals surface area contributed by atoms with Gasteiger partial charge in [0.25, 0.3) is 5.91 Å². The number of carbonyl (C=O) groups excluding carboxylic acids is 3. The number of ketones is 1. The number of halogens is 1. The molecule has 0 aromatic heterocycles. The van der Waals surface area contributed by atoms with Gasteiger partial charge in [-0.05, 0) is 83.3 Å². The van der Waals surface area contributed by atoms with Gasteiger partial charge in [0.05, 0.1) is 48.1 Å². The number of alkyl halides is 1. The minimum atomic E-state index is -1.28. The predicted molar refractivity (Wildman–Crippen MR) is 197 cm³/mol. The Morgan fingerprint density at radius 2 is 1.62 bits per heavy atom. The molecule has 294 valence electrons. The van der Waals surface area contributed by atoms with E-state index < -0.39 is 24.2 Å². The lowest BCUT2D eigenvalue weighted by Gasteiger charge is -2.61. The summed E-state index contributed by atoms with van der Waals surface area (Å²) in [5.74, 6) is -0.194. The zero-order valence-electron chi connectivity index (χ0n) is 31.7. The first-order valence-electron chi connectivity index (χ1n) is 21.2. The standard InChI is InChI=1S/C40H62FN7O5/c1-44-16-18-46(19-17-44)13-9-35(49)43-25-8-14-47(23-25)37-30(41)20-28-36-39(37)53-34-21-27-26-6-2-3-7-32(26)52-33(27)22-31(34)48(36)24-29(38(28)50)40(51)42-10-15-45-11-4-5-12-45/h24-28,30-34,36-37,39H,2-23H2,1H3,(H,42,51)(H,43,49). The Kier molecular flexibility index (Phi) is 10.6. The number of likely N-dealkylation sites (N-methyl/N-ethyl adjacent to an activating group) is 1. The first-order chi connectivity index (χ1) is 25.8. The Bertz CT molecular complexity index is 1400. The topological polar surface area (TPSA) is 110 Å². The maximum Gasteiger partial charge on any atom is 0.256 e. The Morgan fingerprint density at radius 1 is 0.830 bits per heavy atom. The molecule has 3 saturated carbocycles. The summed E-state index contributed by atoms with van der Waals surface area (Å²) in [6.45, 7) is 9.40. The van der Waals surface area contributed by atoms with Gasteiger partial charge < -0.3 is 39.7 Å². The number of piperazine rings is 1. The number of nitrogens with zero attached hydrogens (tertiary/aromatic N) is 5. The number of hydrogen-bond acceptors (Lipinski definition) is 10. The van der Waals surface area contributed by atoms with Crippen molar-refractivity contribution in [2.45, 2.75) is 125 Å². The van der Waals surface area contributed by atoms with E-state index in [9.17, 15) is 14.4 Å². The lowest BCUT2D eigenvalue weighted by atomic mass is 9.67. The van der Waals surface area contributed by atoms with Crippen LogP contribution in [0.15, 0.2) is 11.8 Å². The summed E-state index contributed by atoms with van der Waals surface area (Å²) in [4.78, 5) is 52.5. The number of nitrogens with one attached hydrogen (secondary N) is 2. The van der Waals surface area contributed by atoms with Crippen LogP contribution in [0.2, 0.25) is 0 Å². The van der Waals surface area contributed by atoms with E-state index in [1.807, 2.05) is 6.20 Å². The molecule has 12 nitrogen and oxygen atoms in total. The maximum absolute atomic E-state index is 16.8. The van der Waals surface area contributed by atoms with Gasteiger partial charge in [-0.2, -0.15) is 0 Å². The zero-order valence-corrected chi connectivity index (χ0v) is 31.7. The van der Waals surface area contributed by atoms with Gasteiger partial charge in [0.2, 0.25) is 5.91 Å². The molecule has 12 atom stereocenters. The van der Waals surface area contributed by atoms with Gasteiger partial charge in [-0.15, -0.1) is 0 Å². The van der Waals surface area contributed by atoms with Crippen LogP contribution >= 0.6 is 0 Å². The molecule has 0 aromatic carbocycles. The monoisotopic (exact) mass is 739 g/mol. The average molecular weight is 740 g/mol. The van der Waals surface area contributed by atoms with E-state index in [2.05, 4.69) is 42.2 Å². The first kappa shape index (κ1) is 36.5. The zero-order chi connectivity index (χ0) is 36.2. The van der Waals surface area contributed by atoms with Crippen molar-refractivity contribution < 1.29 is 28.2 Å². The number of rotatable bonds is 9. The second-order valence-electron chi connectivity index (χ2n) is 17.9. The second kappa shape index (κ2) is 15.4. The molecule has 5 saturated heterocycles. The summed E-state index contributed by atoms with van der Waals surface area (Å²) < 4.78 is 30.7. The Hall–Kier alpha value is -2.16. The molecule has 9 aliphatic rings. The van der Waals surface area contributed by atoms with Crippen LogP contribution in [-0.2, 0) is 23.9 Å². The quantitative estimate of drug-likeness (QED) is 0.337. The summed E-state index contributed by atoms with van der Waals surface area (Å²) in [5.41, 5.74) is 0.168. The fourth-order valence-corrected chi connectivity index (χ4v) is 12.0. The van der Waals surface area contributed by atoms with E-state index in [4.69, 9.17) is 9.47 Å². The van der Waals surface area contributed by atoms with Gasteiger partial charge in [0.15, 0.2) is 5.78 Å². The van der Waals surface area contributed by atoms with Crippen molar-refractivity contribution in [2.24, 2.45) is 17.8 Å². The van der Waals surface area contributed by atoms with Crippen molar-refractivity contribution in [1.29, 1.82) is 0 Å². The van der Waals surface area contributed by atoms with Crippen LogP contribution in [0.5, 0.6) is 0 Å². The average Bonchev–Trinajstić information content (AvgIpc) is 3.92. The van der Waals surface area contributed by atoms with Crippen LogP contribution in [0.1, 0.15) is 70.6 Å². The van der Waals surface area contributed by atoms with E-state index in [1.165, 1.54) is 32.1 Å². The number of Topliss-reactive ketones (excluding diaryl/α,β-unsaturated/α-hetero) is 1. The minimum Gasteiger partial charge on any atom is -0.374 e. The molecular formula is C40H62FN7O5. The smallest absolute Gasteiger partial charge is 0.256 e. The highest BCUT2D eigenvalue weighted by Gasteiger charge is 2.62. The van der Waals surface area contributed by atoms with Gasteiger partial charge in [-0.25, -0.2) is 4.39 Å². The van der Waals surface area contributed by atoms with Crippen LogP contribution in [0.4, 0.5) is 4.39 Å². The van der Waals surface area contributed by atoms with Crippen LogP contribution in [0.25, 0.3) is 0 Å². The fraction of sp³-hybridized carbons (Fsp3) is 0.875. The summed E-state index contributed by atoms with van der Waals surface area (Å²) >= 11 is 0. The first-order valence-corrected chi connectivity index (χ1v) is 21.2. The number of hydrogen-bond donors (Lipinski definition) is 2. The third kappa shape index (κ3) is 7.20. The molecule has 13 heteroatoms. The minimum absolute atomic E-state index is 0.0246. The third-order valence-electron chi connectivity index (χ3n) is 14.8. The van der Waals surface area contributed by atoms with Gasteiger partial charge in [0, 0.05) is 83.5 Å². The molecule has 0 spiro atoms. The number of carbonyl (C=O) groups is 3. The molecule has 6 heterocycles. The van der Waals surface area contributed by atoms with E-state index >= 15 is 4.39 Å². The van der Waals surface area contributed by atoms with E-state index in [-0.39, 0.29) is 59.9 Å². The van der Waals surface area contributed by atoms with E-state index in [0.29, 0.717) is 44.0 Å². The van der Waals surface area contributed by atoms with Crippen molar-refractivity contribution in [1.82, 2.24) is 35.1 Å². The fourth-order valence-electron chi connectivity index (χ4n) is 12.0. The van der Waals surface area contributed by atoms with Crippen LogP contribution < -0.4 is 10.6 Å². The molecule has 8 fully saturated rings. The number of ether oxygens (including phenoxy) is 2. The summed E-state index contributed by atoms with van der Waals surface area (Å²) in [7, 11) is 2.13. The molecule has 9 rings (SSSR count). The molecule has 0 bridgehead atoms. The molecule has 6 aliphatic heterocycles. The summed E-state index contributed by atoms with van der Waals surface area (Å²) in [6.07, 6.45) is 10.6. The molecule has 2 N–H and O–H groups in total. The van der Waals surface area contributed by atoms with Crippen molar-refractivity contribution in [3.8, 4) is 0 Å². The normalized spacial score (nSPS) is 42.0. The lowest BCUT2D eigenvalue weighted by Crippen LogP contribution is -2.73. The number of morpholine rings is 1. The highest BCUT2D eigenvalue weighted by molar-refractivity contribution is 6.20. The molecule has 12 unspecified atom stereocenters. The van der Waals surface area contributed by atoms with Crippen molar-refractivity contribution in [3.05, 3.63) is 11.8 Å². The van der Waals surface area contributed by atoms with Gasteiger partial charge >= 0.3 is 0 Å². The molecule has 53 heavy (non-hydrogen) atoms.